The fraction of sp³-hybridized carbons (Fsp3) is 0.0526. The van der Waals surface area contributed by atoms with Crippen molar-refractivity contribution in [3.8, 4) is 0 Å². The molecule has 0 spiro atoms. The van der Waals surface area contributed by atoms with Crippen LogP contribution in [0.25, 0.3) is 45.0 Å². The lowest BCUT2D eigenvalue weighted by molar-refractivity contribution is 0.669. The van der Waals surface area contributed by atoms with Crippen LogP contribution >= 0.6 is 0 Å². The van der Waals surface area contributed by atoms with Crippen LogP contribution < -0.4 is 0 Å². The quantitative estimate of drug-likeness (QED) is 0.495. The summed E-state index contributed by atoms with van der Waals surface area (Å²) in [4.78, 5) is 3.43. The molecule has 0 saturated heterocycles. The summed E-state index contributed by atoms with van der Waals surface area (Å²) >= 11 is 0. The highest BCUT2D eigenvalue weighted by atomic mass is 16.3. The first-order valence-electron chi connectivity index (χ1n) is 7.04. The van der Waals surface area contributed by atoms with E-state index in [2.05, 4.69) is 35.8 Å². The Kier molecular flexibility index (Phi) is 2.51. The van der Waals surface area contributed by atoms with Crippen molar-refractivity contribution >= 4 is 45.0 Å². The lowest BCUT2D eigenvalue weighted by Crippen LogP contribution is -1.73. The minimum absolute atomic E-state index is 0.910. The molecule has 1 N–H and O–H groups in total. The monoisotopic (exact) mass is 273 g/mol. The summed E-state index contributed by atoms with van der Waals surface area (Å²) in [6.45, 7) is 5.96. The van der Waals surface area contributed by atoms with Gasteiger partial charge in [-0.15, -0.1) is 0 Å². The minimum Gasteiger partial charge on any atom is -0.456 e. The summed E-state index contributed by atoms with van der Waals surface area (Å²) < 4.78 is 5.94. The molecule has 4 rings (SSSR count). The van der Waals surface area contributed by atoms with Gasteiger partial charge in [-0.1, -0.05) is 36.9 Å². The van der Waals surface area contributed by atoms with Gasteiger partial charge in [-0.25, -0.2) is 0 Å². The van der Waals surface area contributed by atoms with Crippen molar-refractivity contribution in [1.82, 2.24) is 4.98 Å². The Hall–Kier alpha value is -2.74. The van der Waals surface area contributed by atoms with Gasteiger partial charge in [-0.2, -0.15) is 0 Å². The maximum atomic E-state index is 5.94. The third-order valence-corrected chi connectivity index (χ3v) is 3.90. The second-order valence-corrected chi connectivity index (χ2v) is 5.15. The van der Waals surface area contributed by atoms with Gasteiger partial charge in [-0.05, 0) is 25.1 Å². The molecule has 2 heteroatoms. The van der Waals surface area contributed by atoms with E-state index in [1.165, 1.54) is 5.39 Å². The third kappa shape index (κ3) is 1.66. The van der Waals surface area contributed by atoms with E-state index in [1.54, 1.807) is 0 Å². The van der Waals surface area contributed by atoms with E-state index in [0.29, 0.717) is 0 Å². The summed E-state index contributed by atoms with van der Waals surface area (Å²) in [5.74, 6) is 0. The molecule has 0 aliphatic heterocycles. The Morgan fingerprint density at radius 3 is 2.71 bits per heavy atom. The van der Waals surface area contributed by atoms with Crippen LogP contribution in [0.15, 0.2) is 53.5 Å². The van der Waals surface area contributed by atoms with Crippen molar-refractivity contribution in [2.75, 3.05) is 0 Å². The summed E-state index contributed by atoms with van der Waals surface area (Å²) in [5, 5.41) is 3.47. The lowest BCUT2D eigenvalue weighted by Gasteiger charge is -1.94. The number of hydrogen-bond donors (Lipinski definition) is 1. The molecule has 2 aromatic heterocycles. The number of nitrogens with one attached hydrogen (secondary N) is 1. The van der Waals surface area contributed by atoms with Gasteiger partial charge < -0.3 is 9.40 Å². The van der Waals surface area contributed by atoms with E-state index >= 15 is 0 Å². The summed E-state index contributed by atoms with van der Waals surface area (Å²) in [6, 6.07) is 12.4. The summed E-state index contributed by atoms with van der Waals surface area (Å²) in [6.07, 6.45) is 6.00. The van der Waals surface area contributed by atoms with E-state index < -0.39 is 0 Å². The van der Waals surface area contributed by atoms with Gasteiger partial charge in [0.05, 0.1) is 5.52 Å². The number of hydrogen-bond acceptors (Lipinski definition) is 1. The predicted molar refractivity (Wildman–Crippen MR) is 90.4 cm³/mol. The molecule has 0 bridgehead atoms. The van der Waals surface area contributed by atoms with Crippen molar-refractivity contribution in [3.63, 3.8) is 0 Å². The Morgan fingerprint density at radius 1 is 1.05 bits per heavy atom. The van der Waals surface area contributed by atoms with Crippen molar-refractivity contribution in [2.24, 2.45) is 0 Å². The van der Waals surface area contributed by atoms with Gasteiger partial charge >= 0.3 is 0 Å². The molecule has 102 valence electrons. The van der Waals surface area contributed by atoms with Crippen LogP contribution in [0.1, 0.15) is 18.2 Å². The van der Waals surface area contributed by atoms with Crippen molar-refractivity contribution < 1.29 is 4.42 Å². The standard InChI is InChI=1S/C19H15NO/c1-3-7-16-12(4-2)14-10-15-13-8-5-6-9-18(13)21-19(15)11-17(14)20-16/h3-11,20H,2H2,1H3/b7-3-. The number of benzene rings is 2. The first-order valence-corrected chi connectivity index (χ1v) is 7.04. The van der Waals surface area contributed by atoms with Crippen LogP contribution in [0.2, 0.25) is 0 Å². The maximum Gasteiger partial charge on any atom is 0.137 e. The highest BCUT2D eigenvalue weighted by Gasteiger charge is 2.12. The van der Waals surface area contributed by atoms with Crippen molar-refractivity contribution in [3.05, 3.63) is 60.3 Å². The average molecular weight is 273 g/mol. The fourth-order valence-corrected chi connectivity index (χ4v) is 2.97. The molecular formula is C19H15NO. The lowest BCUT2D eigenvalue weighted by atomic mass is 10.1. The highest BCUT2D eigenvalue weighted by Crippen LogP contribution is 2.34. The zero-order valence-electron chi connectivity index (χ0n) is 11.8. The van der Waals surface area contributed by atoms with E-state index in [0.717, 1.165) is 38.7 Å². The number of fused-ring (bicyclic) bond motifs is 4. The number of allylic oxidation sites excluding steroid dienone is 1. The molecule has 0 aliphatic carbocycles. The van der Waals surface area contributed by atoms with Crippen LogP contribution in [0.5, 0.6) is 0 Å². The van der Waals surface area contributed by atoms with Crippen molar-refractivity contribution in [2.45, 2.75) is 6.92 Å². The minimum atomic E-state index is 0.910. The fourth-order valence-electron chi connectivity index (χ4n) is 2.97. The Balaban J connectivity index is 2.16. The van der Waals surface area contributed by atoms with E-state index in [4.69, 9.17) is 4.42 Å². The molecule has 0 saturated carbocycles. The largest absolute Gasteiger partial charge is 0.456 e. The molecule has 0 radical (unpaired) electrons. The second-order valence-electron chi connectivity index (χ2n) is 5.15. The summed E-state index contributed by atoms with van der Waals surface area (Å²) in [7, 11) is 0. The van der Waals surface area contributed by atoms with E-state index in [-0.39, 0.29) is 0 Å². The number of H-pyrrole nitrogens is 1. The molecule has 4 aromatic rings. The second kappa shape index (κ2) is 4.38. The first kappa shape index (κ1) is 12.0. The highest BCUT2D eigenvalue weighted by molar-refractivity contribution is 6.11. The van der Waals surface area contributed by atoms with Crippen LogP contribution in [0, 0.1) is 0 Å². The van der Waals surface area contributed by atoms with Crippen LogP contribution in [0.4, 0.5) is 0 Å². The average Bonchev–Trinajstić information content (AvgIpc) is 3.02. The molecular weight excluding hydrogens is 258 g/mol. The molecule has 0 unspecified atom stereocenters. The number of furan rings is 1. The van der Waals surface area contributed by atoms with Crippen molar-refractivity contribution in [1.29, 1.82) is 0 Å². The van der Waals surface area contributed by atoms with Gasteiger partial charge in [0.1, 0.15) is 11.2 Å². The van der Waals surface area contributed by atoms with Gasteiger partial charge in [0.2, 0.25) is 0 Å². The van der Waals surface area contributed by atoms with E-state index in [9.17, 15) is 0 Å². The molecule has 0 amide bonds. The molecule has 2 heterocycles. The maximum absolute atomic E-state index is 5.94. The van der Waals surface area contributed by atoms with Gasteiger partial charge in [0.25, 0.3) is 0 Å². The Labute approximate surface area is 122 Å². The number of rotatable bonds is 2. The number of aromatic nitrogens is 1. The van der Waals surface area contributed by atoms with Crippen LogP contribution in [-0.4, -0.2) is 4.98 Å². The number of aromatic amines is 1. The topological polar surface area (TPSA) is 28.9 Å². The molecule has 2 nitrogen and oxygen atoms in total. The zero-order chi connectivity index (χ0) is 14.4. The Bertz CT molecular complexity index is 1010. The molecule has 21 heavy (non-hydrogen) atoms. The molecule has 2 aromatic carbocycles. The predicted octanol–water partition coefficient (Wildman–Crippen LogP) is 5.74. The third-order valence-electron chi connectivity index (χ3n) is 3.90. The zero-order valence-corrected chi connectivity index (χ0v) is 11.8. The van der Waals surface area contributed by atoms with E-state index in [1.807, 2.05) is 37.3 Å². The van der Waals surface area contributed by atoms with Gasteiger partial charge in [0.15, 0.2) is 0 Å². The number of para-hydroxylation sites is 1. The smallest absolute Gasteiger partial charge is 0.137 e. The van der Waals surface area contributed by atoms with Gasteiger partial charge in [0, 0.05) is 33.5 Å². The van der Waals surface area contributed by atoms with Crippen LogP contribution in [-0.2, 0) is 0 Å². The Morgan fingerprint density at radius 2 is 1.90 bits per heavy atom. The molecule has 0 atom stereocenters. The van der Waals surface area contributed by atoms with Crippen LogP contribution in [0.3, 0.4) is 0 Å². The van der Waals surface area contributed by atoms with Gasteiger partial charge in [-0.3, -0.25) is 0 Å². The normalized spacial score (nSPS) is 12.0. The first-order chi connectivity index (χ1) is 10.3. The summed E-state index contributed by atoms with van der Waals surface area (Å²) in [5.41, 5.74) is 5.13. The SMILES string of the molecule is C=Cc1c(/C=C\C)[nH]c2cc3oc4ccccc4c3cc12. The molecule has 0 fully saturated rings. The molecule has 0 aliphatic rings.